The fraction of sp³-hybridized carbons (Fsp3) is 0.296. The molecule has 2 N–H and O–H groups in total. The summed E-state index contributed by atoms with van der Waals surface area (Å²) in [6.45, 7) is 0.300. The molecule has 11 heteroatoms. The van der Waals surface area contributed by atoms with Gasteiger partial charge in [-0.15, -0.1) is 0 Å². The minimum absolute atomic E-state index is 0.0593. The van der Waals surface area contributed by atoms with Crippen LogP contribution in [0.5, 0.6) is 23.0 Å². The van der Waals surface area contributed by atoms with Crippen molar-refractivity contribution in [2.24, 2.45) is 0 Å². The minimum Gasteiger partial charge on any atom is -0.497 e. The molecule has 0 saturated heterocycles. The van der Waals surface area contributed by atoms with E-state index in [1.54, 1.807) is 48.4 Å². The molecule has 1 aliphatic heterocycles. The van der Waals surface area contributed by atoms with Crippen LogP contribution < -0.4 is 29.0 Å². The number of methoxy groups -OCH3 is 4. The average Bonchev–Trinajstić information content (AvgIpc) is 2.95. The molecule has 4 rings (SSSR count). The van der Waals surface area contributed by atoms with Crippen LogP contribution in [0.1, 0.15) is 17.2 Å². The summed E-state index contributed by atoms with van der Waals surface area (Å²) in [5.41, 5.74) is 2.22. The van der Waals surface area contributed by atoms with Crippen molar-refractivity contribution in [1.82, 2.24) is 9.62 Å². The van der Waals surface area contributed by atoms with Gasteiger partial charge in [0.25, 0.3) is 0 Å². The molecule has 3 aromatic rings. The van der Waals surface area contributed by atoms with Gasteiger partial charge in [-0.3, -0.25) is 0 Å². The van der Waals surface area contributed by atoms with E-state index in [0.717, 1.165) is 11.1 Å². The highest BCUT2D eigenvalue weighted by Gasteiger charge is 2.33. The predicted molar refractivity (Wildman–Crippen MR) is 143 cm³/mol. The number of carbonyl (C=O) groups excluding carboxylic acids is 1. The molecule has 2 amide bonds. The molecule has 0 aliphatic carbocycles. The summed E-state index contributed by atoms with van der Waals surface area (Å²) in [6.07, 6.45) is 0.552. The van der Waals surface area contributed by atoms with Crippen molar-refractivity contribution in [3.05, 3.63) is 71.8 Å². The molecule has 10 nitrogen and oxygen atoms in total. The highest BCUT2D eigenvalue weighted by Crippen LogP contribution is 2.38. The molecule has 202 valence electrons. The van der Waals surface area contributed by atoms with E-state index in [4.69, 9.17) is 18.9 Å². The maximum Gasteiger partial charge on any atom is 0.322 e. The Morgan fingerprint density at radius 3 is 2.21 bits per heavy atom. The molecule has 1 atom stereocenters. The van der Waals surface area contributed by atoms with Crippen LogP contribution in [0.3, 0.4) is 0 Å². The number of urea groups is 1. The Labute approximate surface area is 222 Å². The third-order valence-corrected chi connectivity index (χ3v) is 7.89. The molecule has 0 saturated carbocycles. The molecule has 38 heavy (non-hydrogen) atoms. The maximum atomic E-state index is 13.5. The van der Waals surface area contributed by atoms with Gasteiger partial charge in [0.1, 0.15) is 11.5 Å². The third-order valence-electron chi connectivity index (χ3n) is 6.45. The number of nitrogens with one attached hydrogen (secondary N) is 2. The summed E-state index contributed by atoms with van der Waals surface area (Å²) < 4.78 is 50.4. The Balaban J connectivity index is 1.66. The second-order valence-electron chi connectivity index (χ2n) is 8.52. The van der Waals surface area contributed by atoms with Gasteiger partial charge in [-0.1, -0.05) is 12.1 Å². The SMILES string of the molecule is COc1ccc(S(=O)(=O)NCC2c3cc(OC)c(OC)cc3CCN2C(=O)Nc2ccccc2OC)cc1. The summed E-state index contributed by atoms with van der Waals surface area (Å²) in [7, 11) is 2.25. The van der Waals surface area contributed by atoms with Crippen LogP contribution in [0.2, 0.25) is 0 Å². The zero-order chi connectivity index (χ0) is 27.3. The summed E-state index contributed by atoms with van der Waals surface area (Å²) in [5.74, 6) is 2.11. The van der Waals surface area contributed by atoms with Gasteiger partial charge >= 0.3 is 6.03 Å². The van der Waals surface area contributed by atoms with Crippen LogP contribution in [-0.2, 0) is 16.4 Å². The van der Waals surface area contributed by atoms with Crippen molar-refractivity contribution in [1.29, 1.82) is 0 Å². The topological polar surface area (TPSA) is 115 Å². The van der Waals surface area contributed by atoms with Crippen LogP contribution in [0.4, 0.5) is 10.5 Å². The molecular formula is C27H31N3O7S. The molecule has 1 heterocycles. The molecule has 0 spiro atoms. The van der Waals surface area contributed by atoms with Crippen molar-refractivity contribution in [2.45, 2.75) is 17.4 Å². The summed E-state index contributed by atoms with van der Waals surface area (Å²) in [5, 5.41) is 2.90. The van der Waals surface area contributed by atoms with Crippen molar-refractivity contribution >= 4 is 21.7 Å². The van der Waals surface area contributed by atoms with Gasteiger partial charge in [0.15, 0.2) is 11.5 Å². The highest BCUT2D eigenvalue weighted by atomic mass is 32.2. The maximum absolute atomic E-state index is 13.5. The standard InChI is InChI=1S/C27H31N3O7S/c1-34-19-9-11-20(12-10-19)38(32,33)28-17-23-21-16-26(37-4)25(36-3)15-18(21)13-14-30(23)27(31)29-22-7-5-6-8-24(22)35-2/h5-12,15-16,23,28H,13-14,17H2,1-4H3,(H,29,31). The number of amides is 2. The van der Waals surface area contributed by atoms with Crippen molar-refractivity contribution < 1.29 is 32.2 Å². The lowest BCUT2D eigenvalue weighted by Crippen LogP contribution is -2.46. The Morgan fingerprint density at radius 2 is 1.55 bits per heavy atom. The van der Waals surface area contributed by atoms with E-state index < -0.39 is 16.1 Å². The van der Waals surface area contributed by atoms with Gasteiger partial charge in [-0.05, 0) is 66.1 Å². The normalized spacial score (nSPS) is 14.8. The smallest absolute Gasteiger partial charge is 0.322 e. The zero-order valence-corrected chi connectivity index (χ0v) is 22.5. The lowest BCUT2D eigenvalue weighted by Gasteiger charge is -2.38. The average molecular weight is 542 g/mol. The molecule has 1 aliphatic rings. The van der Waals surface area contributed by atoms with Crippen LogP contribution in [0.25, 0.3) is 0 Å². The molecule has 0 radical (unpaired) electrons. The van der Waals surface area contributed by atoms with Gasteiger partial charge in [-0.25, -0.2) is 17.9 Å². The molecular weight excluding hydrogens is 510 g/mol. The van der Waals surface area contributed by atoms with Crippen molar-refractivity contribution in [3.8, 4) is 23.0 Å². The Bertz CT molecular complexity index is 1390. The molecule has 3 aromatic carbocycles. The van der Waals surface area contributed by atoms with Crippen LogP contribution >= 0.6 is 0 Å². The number of hydrogen-bond donors (Lipinski definition) is 2. The number of ether oxygens (including phenoxy) is 4. The predicted octanol–water partition coefficient (Wildman–Crippen LogP) is 3.83. The molecule has 0 fully saturated rings. The summed E-state index contributed by atoms with van der Waals surface area (Å²) >= 11 is 0. The number of nitrogens with zero attached hydrogens (tertiary/aromatic N) is 1. The van der Waals surface area contributed by atoms with Crippen LogP contribution in [0, 0.1) is 0 Å². The van der Waals surface area contributed by atoms with Gasteiger partial charge in [0.05, 0.1) is 45.1 Å². The monoisotopic (exact) mass is 541 g/mol. The third kappa shape index (κ3) is 5.63. The number of anilines is 1. The van der Waals surface area contributed by atoms with Gasteiger partial charge in [0.2, 0.25) is 10.0 Å². The Hall–Kier alpha value is -3.96. The highest BCUT2D eigenvalue weighted by molar-refractivity contribution is 7.89. The first-order chi connectivity index (χ1) is 18.3. The van der Waals surface area contributed by atoms with Crippen molar-refractivity contribution in [3.63, 3.8) is 0 Å². The number of rotatable bonds is 9. The Morgan fingerprint density at radius 1 is 0.895 bits per heavy atom. The first-order valence-electron chi connectivity index (χ1n) is 11.9. The zero-order valence-electron chi connectivity index (χ0n) is 21.7. The van der Waals surface area contributed by atoms with Gasteiger partial charge in [-0.2, -0.15) is 0 Å². The van der Waals surface area contributed by atoms with Gasteiger partial charge < -0.3 is 29.2 Å². The second kappa shape index (κ2) is 11.6. The van der Waals surface area contributed by atoms with Crippen LogP contribution in [0.15, 0.2) is 65.6 Å². The number of benzene rings is 3. The van der Waals surface area contributed by atoms with E-state index in [-0.39, 0.29) is 17.5 Å². The lowest BCUT2D eigenvalue weighted by molar-refractivity contribution is 0.182. The van der Waals surface area contributed by atoms with E-state index in [9.17, 15) is 13.2 Å². The first kappa shape index (κ1) is 27.1. The quantitative estimate of drug-likeness (QED) is 0.423. The summed E-state index contributed by atoms with van der Waals surface area (Å²) in [4.78, 5) is 15.2. The minimum atomic E-state index is -3.87. The second-order valence-corrected chi connectivity index (χ2v) is 10.3. The van der Waals surface area contributed by atoms with E-state index in [2.05, 4.69) is 10.0 Å². The van der Waals surface area contributed by atoms with E-state index >= 15 is 0 Å². The largest absolute Gasteiger partial charge is 0.497 e. The Kier molecular flexibility index (Phi) is 8.28. The van der Waals surface area contributed by atoms with E-state index in [1.807, 2.05) is 12.1 Å². The first-order valence-corrected chi connectivity index (χ1v) is 13.4. The molecule has 0 aromatic heterocycles. The van der Waals surface area contributed by atoms with E-state index in [0.29, 0.717) is 41.7 Å². The molecule has 0 bridgehead atoms. The lowest BCUT2D eigenvalue weighted by atomic mass is 9.92. The number of hydrogen-bond acceptors (Lipinski definition) is 7. The van der Waals surface area contributed by atoms with E-state index in [1.165, 1.54) is 33.5 Å². The van der Waals surface area contributed by atoms with Crippen molar-refractivity contribution in [2.75, 3.05) is 46.8 Å². The fourth-order valence-electron chi connectivity index (χ4n) is 4.45. The van der Waals surface area contributed by atoms with Crippen LogP contribution in [-0.4, -0.2) is 60.9 Å². The number of fused-ring (bicyclic) bond motifs is 1. The molecule has 1 unspecified atom stereocenters. The van der Waals surface area contributed by atoms with Gasteiger partial charge in [0, 0.05) is 13.1 Å². The fourth-order valence-corrected chi connectivity index (χ4v) is 5.49. The number of sulfonamides is 1. The summed E-state index contributed by atoms with van der Waals surface area (Å²) in [6, 6.07) is 15.8. The number of carbonyl (C=O) groups is 1. The number of para-hydroxylation sites is 2.